The zero-order chi connectivity index (χ0) is 10.9. The van der Waals surface area contributed by atoms with Crippen molar-refractivity contribution in [1.29, 1.82) is 0 Å². The fourth-order valence-corrected chi connectivity index (χ4v) is 2.79. The monoisotopic (exact) mass is 211 g/mol. The molecule has 1 aliphatic heterocycles. The van der Waals surface area contributed by atoms with Gasteiger partial charge in [-0.25, -0.2) is 0 Å². The molecule has 0 aromatic carbocycles. The molecule has 86 valence electrons. The lowest BCUT2D eigenvalue weighted by molar-refractivity contribution is -0.142. The molecule has 1 saturated heterocycles. The van der Waals surface area contributed by atoms with Gasteiger partial charge in [-0.2, -0.15) is 0 Å². The molecule has 0 aromatic rings. The second-order valence-electron chi connectivity index (χ2n) is 5.23. The molecule has 1 aliphatic carbocycles. The summed E-state index contributed by atoms with van der Waals surface area (Å²) >= 11 is 0. The van der Waals surface area contributed by atoms with E-state index in [0.717, 1.165) is 45.2 Å². The van der Waals surface area contributed by atoms with Crippen LogP contribution in [0.2, 0.25) is 0 Å². The Kier molecular flexibility index (Phi) is 3.12. The maximum atomic E-state index is 12.3. The summed E-state index contributed by atoms with van der Waals surface area (Å²) in [5, 5.41) is 9.36. The van der Waals surface area contributed by atoms with Crippen molar-refractivity contribution in [2.45, 2.75) is 32.1 Å². The van der Waals surface area contributed by atoms with Gasteiger partial charge in [0.15, 0.2) is 0 Å². The highest BCUT2D eigenvalue weighted by Crippen LogP contribution is 2.44. The summed E-state index contributed by atoms with van der Waals surface area (Å²) in [6.45, 7) is 2.12. The lowest BCUT2D eigenvalue weighted by atomic mass is 9.63. The SMILES string of the molecule is CN1CCC(C(=O)C2(CO)CCC2)CC1. The van der Waals surface area contributed by atoms with Crippen LogP contribution in [0, 0.1) is 11.3 Å². The van der Waals surface area contributed by atoms with Crippen molar-refractivity contribution >= 4 is 5.78 Å². The van der Waals surface area contributed by atoms with Gasteiger partial charge in [0.2, 0.25) is 0 Å². The van der Waals surface area contributed by atoms with Crippen LogP contribution < -0.4 is 0 Å². The summed E-state index contributed by atoms with van der Waals surface area (Å²) in [4.78, 5) is 14.5. The van der Waals surface area contributed by atoms with Gasteiger partial charge in [0, 0.05) is 5.92 Å². The molecule has 0 radical (unpaired) electrons. The van der Waals surface area contributed by atoms with Crippen molar-refractivity contribution in [2.24, 2.45) is 11.3 Å². The van der Waals surface area contributed by atoms with Crippen LogP contribution >= 0.6 is 0 Å². The highest BCUT2D eigenvalue weighted by Gasteiger charge is 2.46. The number of ketones is 1. The molecule has 0 spiro atoms. The minimum atomic E-state index is -0.333. The number of nitrogens with zero attached hydrogens (tertiary/aromatic N) is 1. The lowest BCUT2D eigenvalue weighted by Crippen LogP contribution is -2.47. The van der Waals surface area contributed by atoms with Gasteiger partial charge in [-0.05, 0) is 45.8 Å². The molecular weight excluding hydrogens is 190 g/mol. The van der Waals surface area contributed by atoms with Crippen LogP contribution in [0.1, 0.15) is 32.1 Å². The number of aliphatic hydroxyl groups is 1. The number of carbonyl (C=O) groups excluding carboxylic acids is 1. The van der Waals surface area contributed by atoms with E-state index in [1.165, 1.54) is 0 Å². The molecule has 0 atom stereocenters. The van der Waals surface area contributed by atoms with Gasteiger partial charge in [-0.3, -0.25) is 4.79 Å². The zero-order valence-electron chi connectivity index (χ0n) is 9.54. The highest BCUT2D eigenvalue weighted by atomic mass is 16.3. The van der Waals surface area contributed by atoms with E-state index < -0.39 is 0 Å². The van der Waals surface area contributed by atoms with Gasteiger partial charge in [-0.15, -0.1) is 0 Å². The molecule has 2 fully saturated rings. The van der Waals surface area contributed by atoms with Crippen molar-refractivity contribution in [3.63, 3.8) is 0 Å². The second-order valence-corrected chi connectivity index (χ2v) is 5.23. The molecule has 3 nitrogen and oxygen atoms in total. The number of likely N-dealkylation sites (tertiary alicyclic amines) is 1. The first kappa shape index (κ1) is 11.1. The molecule has 0 bridgehead atoms. The van der Waals surface area contributed by atoms with Crippen molar-refractivity contribution in [3.05, 3.63) is 0 Å². The van der Waals surface area contributed by atoms with Gasteiger partial charge in [0.05, 0.1) is 12.0 Å². The van der Waals surface area contributed by atoms with E-state index in [1.807, 2.05) is 0 Å². The zero-order valence-corrected chi connectivity index (χ0v) is 9.54. The predicted molar refractivity (Wildman–Crippen MR) is 58.6 cm³/mol. The Morgan fingerprint density at radius 2 is 2.00 bits per heavy atom. The Bertz CT molecular complexity index is 234. The molecule has 2 rings (SSSR count). The maximum Gasteiger partial charge on any atom is 0.144 e. The summed E-state index contributed by atoms with van der Waals surface area (Å²) in [5.41, 5.74) is -0.333. The van der Waals surface area contributed by atoms with E-state index in [2.05, 4.69) is 11.9 Å². The Morgan fingerprint density at radius 3 is 2.40 bits per heavy atom. The summed E-state index contributed by atoms with van der Waals surface area (Å²) in [5.74, 6) is 0.568. The molecule has 0 aromatic heterocycles. The smallest absolute Gasteiger partial charge is 0.144 e. The number of Topliss-reactive ketones (excluding diaryl/α,β-unsaturated/α-hetero) is 1. The second kappa shape index (κ2) is 4.22. The summed E-state index contributed by atoms with van der Waals surface area (Å²) in [6.07, 6.45) is 4.90. The van der Waals surface area contributed by atoms with Crippen LogP contribution in [-0.2, 0) is 4.79 Å². The summed E-state index contributed by atoms with van der Waals surface area (Å²) in [7, 11) is 2.10. The summed E-state index contributed by atoms with van der Waals surface area (Å²) < 4.78 is 0. The van der Waals surface area contributed by atoms with E-state index >= 15 is 0 Å². The van der Waals surface area contributed by atoms with Crippen LogP contribution in [0.3, 0.4) is 0 Å². The van der Waals surface area contributed by atoms with E-state index in [9.17, 15) is 9.90 Å². The topological polar surface area (TPSA) is 40.5 Å². The molecular formula is C12H21NO2. The van der Waals surface area contributed by atoms with Crippen molar-refractivity contribution in [2.75, 3.05) is 26.7 Å². The third-order valence-electron chi connectivity index (χ3n) is 4.23. The van der Waals surface area contributed by atoms with Crippen LogP contribution in [0.4, 0.5) is 0 Å². The van der Waals surface area contributed by atoms with Gasteiger partial charge in [0.25, 0.3) is 0 Å². The first-order valence-electron chi connectivity index (χ1n) is 6.02. The predicted octanol–water partition coefficient (Wildman–Crippen LogP) is 1.06. The van der Waals surface area contributed by atoms with E-state index in [1.54, 1.807) is 0 Å². The van der Waals surface area contributed by atoms with Crippen LogP contribution in [-0.4, -0.2) is 42.5 Å². The number of aliphatic hydroxyl groups excluding tert-OH is 1. The molecule has 1 N–H and O–H groups in total. The fourth-order valence-electron chi connectivity index (χ4n) is 2.79. The number of rotatable bonds is 3. The molecule has 0 amide bonds. The van der Waals surface area contributed by atoms with Crippen LogP contribution in [0.5, 0.6) is 0 Å². The quantitative estimate of drug-likeness (QED) is 0.759. The first-order valence-corrected chi connectivity index (χ1v) is 6.02. The van der Waals surface area contributed by atoms with Crippen LogP contribution in [0.25, 0.3) is 0 Å². The lowest BCUT2D eigenvalue weighted by Gasteiger charge is -2.42. The highest BCUT2D eigenvalue weighted by molar-refractivity contribution is 5.88. The van der Waals surface area contributed by atoms with E-state index in [-0.39, 0.29) is 17.9 Å². The van der Waals surface area contributed by atoms with Gasteiger partial charge in [0.1, 0.15) is 5.78 Å². The van der Waals surface area contributed by atoms with Gasteiger partial charge in [-0.1, -0.05) is 6.42 Å². The third kappa shape index (κ3) is 1.95. The minimum absolute atomic E-state index is 0.0676. The molecule has 15 heavy (non-hydrogen) atoms. The fraction of sp³-hybridized carbons (Fsp3) is 0.917. The molecule has 1 heterocycles. The molecule has 1 saturated carbocycles. The first-order chi connectivity index (χ1) is 7.18. The minimum Gasteiger partial charge on any atom is -0.395 e. The van der Waals surface area contributed by atoms with E-state index in [4.69, 9.17) is 0 Å². The van der Waals surface area contributed by atoms with Crippen molar-refractivity contribution in [3.8, 4) is 0 Å². The van der Waals surface area contributed by atoms with Gasteiger partial charge < -0.3 is 10.0 Å². The average Bonchev–Trinajstić information content (AvgIpc) is 2.18. The maximum absolute atomic E-state index is 12.3. The Labute approximate surface area is 91.5 Å². The van der Waals surface area contributed by atoms with E-state index in [0.29, 0.717) is 5.78 Å². The normalized spacial score (nSPS) is 27.3. The summed E-state index contributed by atoms with van der Waals surface area (Å²) in [6, 6.07) is 0. The standard InChI is InChI=1S/C12H21NO2/c1-13-7-3-10(4-8-13)11(15)12(9-14)5-2-6-12/h10,14H,2-9H2,1H3. The Hall–Kier alpha value is -0.410. The molecule has 0 unspecified atom stereocenters. The number of carbonyl (C=O) groups is 1. The number of hydrogen-bond acceptors (Lipinski definition) is 3. The number of hydrogen-bond donors (Lipinski definition) is 1. The van der Waals surface area contributed by atoms with Crippen molar-refractivity contribution in [1.82, 2.24) is 4.90 Å². The Balaban J connectivity index is 1.95. The third-order valence-corrected chi connectivity index (χ3v) is 4.23. The molecule has 3 heteroatoms. The Morgan fingerprint density at radius 1 is 1.40 bits per heavy atom. The van der Waals surface area contributed by atoms with Crippen molar-refractivity contribution < 1.29 is 9.90 Å². The largest absolute Gasteiger partial charge is 0.395 e. The van der Waals surface area contributed by atoms with Crippen LogP contribution in [0.15, 0.2) is 0 Å². The molecule has 2 aliphatic rings. The average molecular weight is 211 g/mol. The van der Waals surface area contributed by atoms with Gasteiger partial charge >= 0.3 is 0 Å². The number of piperidine rings is 1.